The molecule has 1 N–H and O–H groups in total. The average molecular weight is 321 g/mol. The maximum absolute atomic E-state index is 11.0. The van der Waals surface area contributed by atoms with E-state index in [-0.39, 0.29) is 11.4 Å². The van der Waals surface area contributed by atoms with E-state index >= 15 is 0 Å². The first kappa shape index (κ1) is 15.6. The Labute approximate surface area is 138 Å². The highest BCUT2D eigenvalue weighted by Crippen LogP contribution is 2.35. The van der Waals surface area contributed by atoms with Crippen LogP contribution < -0.4 is 4.74 Å². The summed E-state index contributed by atoms with van der Waals surface area (Å²) in [6, 6.07) is 21.4. The zero-order valence-electron chi connectivity index (χ0n) is 12.8. The Morgan fingerprint density at radius 2 is 1.67 bits per heavy atom. The van der Waals surface area contributed by atoms with Gasteiger partial charge in [0.05, 0.1) is 4.92 Å². The van der Waals surface area contributed by atoms with E-state index in [0.29, 0.717) is 17.9 Å². The zero-order chi connectivity index (χ0) is 16.9. The summed E-state index contributed by atoms with van der Waals surface area (Å²) in [5.74, 6) is 0.271. The Bertz CT molecular complexity index is 862. The maximum Gasteiger partial charge on any atom is 0.311 e. The molecule has 0 aliphatic carbocycles. The van der Waals surface area contributed by atoms with Crippen molar-refractivity contribution in [2.45, 2.75) is 6.61 Å². The van der Waals surface area contributed by atoms with Crippen molar-refractivity contribution in [3.8, 4) is 22.6 Å². The van der Waals surface area contributed by atoms with E-state index in [1.807, 2.05) is 54.6 Å². The molecule has 0 fully saturated rings. The minimum Gasteiger partial charge on any atom is -0.502 e. The maximum atomic E-state index is 11.0. The molecular formula is C19H15NO4. The lowest BCUT2D eigenvalue weighted by molar-refractivity contribution is -0.385. The number of aromatic hydroxyl groups is 1. The van der Waals surface area contributed by atoms with Crippen LogP contribution in [0.25, 0.3) is 11.1 Å². The summed E-state index contributed by atoms with van der Waals surface area (Å²) in [7, 11) is 0. The highest BCUT2D eigenvalue weighted by atomic mass is 16.6. The van der Waals surface area contributed by atoms with Crippen molar-refractivity contribution in [3.63, 3.8) is 0 Å². The molecule has 0 heterocycles. The van der Waals surface area contributed by atoms with E-state index in [0.717, 1.165) is 11.1 Å². The minimum absolute atomic E-state index is 0.328. The predicted octanol–water partition coefficient (Wildman–Crippen LogP) is 4.55. The molecular weight excluding hydrogens is 306 g/mol. The SMILES string of the molecule is O=[N+]([O-])c1cc(-c2ccccc2OCc2ccccc2)ccc1O. The van der Waals surface area contributed by atoms with Gasteiger partial charge < -0.3 is 9.84 Å². The van der Waals surface area contributed by atoms with Gasteiger partial charge in [0, 0.05) is 11.6 Å². The molecule has 3 rings (SSSR count). The molecule has 120 valence electrons. The summed E-state index contributed by atoms with van der Waals surface area (Å²) in [6.45, 7) is 0.401. The summed E-state index contributed by atoms with van der Waals surface area (Å²) < 4.78 is 5.88. The van der Waals surface area contributed by atoms with Gasteiger partial charge in [-0.3, -0.25) is 10.1 Å². The van der Waals surface area contributed by atoms with Gasteiger partial charge in [-0.1, -0.05) is 54.6 Å². The number of phenolic OH excluding ortho intramolecular Hbond substituents is 1. The number of rotatable bonds is 5. The number of para-hydroxylation sites is 1. The number of nitrogens with zero attached hydrogens (tertiary/aromatic N) is 1. The Hall–Kier alpha value is -3.34. The first-order valence-electron chi connectivity index (χ1n) is 7.38. The van der Waals surface area contributed by atoms with Crippen LogP contribution in [-0.4, -0.2) is 10.0 Å². The van der Waals surface area contributed by atoms with E-state index < -0.39 is 4.92 Å². The van der Waals surface area contributed by atoms with Crippen LogP contribution in [0.2, 0.25) is 0 Å². The van der Waals surface area contributed by atoms with Crippen LogP contribution in [0, 0.1) is 10.1 Å². The molecule has 0 atom stereocenters. The van der Waals surface area contributed by atoms with Crippen LogP contribution in [0.5, 0.6) is 11.5 Å². The summed E-state index contributed by atoms with van der Waals surface area (Å²) >= 11 is 0. The highest BCUT2D eigenvalue weighted by molar-refractivity contribution is 5.73. The van der Waals surface area contributed by atoms with Crippen LogP contribution in [0.1, 0.15) is 5.56 Å². The first-order chi connectivity index (χ1) is 11.6. The molecule has 0 aliphatic heterocycles. The molecule has 24 heavy (non-hydrogen) atoms. The zero-order valence-corrected chi connectivity index (χ0v) is 12.8. The van der Waals surface area contributed by atoms with Crippen molar-refractivity contribution >= 4 is 5.69 Å². The fourth-order valence-corrected chi connectivity index (χ4v) is 2.40. The van der Waals surface area contributed by atoms with Crippen LogP contribution in [0.3, 0.4) is 0 Å². The average Bonchev–Trinajstić information content (AvgIpc) is 2.61. The lowest BCUT2D eigenvalue weighted by Gasteiger charge is -2.12. The highest BCUT2D eigenvalue weighted by Gasteiger charge is 2.16. The van der Waals surface area contributed by atoms with Crippen molar-refractivity contribution in [3.05, 3.63) is 88.5 Å². The normalized spacial score (nSPS) is 10.3. The molecule has 0 aromatic heterocycles. The Kier molecular flexibility index (Phi) is 4.43. The largest absolute Gasteiger partial charge is 0.502 e. The molecule has 0 unspecified atom stereocenters. The number of ether oxygens (including phenoxy) is 1. The molecule has 3 aromatic rings. The fourth-order valence-electron chi connectivity index (χ4n) is 2.40. The molecule has 0 radical (unpaired) electrons. The second-order valence-electron chi connectivity index (χ2n) is 5.23. The molecule has 0 aliphatic rings. The van der Waals surface area contributed by atoms with Gasteiger partial charge in [-0.15, -0.1) is 0 Å². The Balaban J connectivity index is 1.92. The van der Waals surface area contributed by atoms with Gasteiger partial charge in [0.2, 0.25) is 0 Å². The molecule has 0 bridgehead atoms. The number of hydrogen-bond donors (Lipinski definition) is 1. The molecule has 0 saturated carbocycles. The number of nitro benzene ring substituents is 1. The summed E-state index contributed by atoms with van der Waals surface area (Å²) in [6.07, 6.45) is 0. The minimum atomic E-state index is -0.605. The van der Waals surface area contributed by atoms with Crippen molar-refractivity contribution < 1.29 is 14.8 Å². The molecule has 0 spiro atoms. The summed E-state index contributed by atoms with van der Waals surface area (Å²) in [5.41, 5.74) is 2.05. The number of hydrogen-bond acceptors (Lipinski definition) is 4. The monoisotopic (exact) mass is 321 g/mol. The van der Waals surface area contributed by atoms with Crippen molar-refractivity contribution in [2.75, 3.05) is 0 Å². The van der Waals surface area contributed by atoms with Crippen LogP contribution in [0.4, 0.5) is 5.69 Å². The smallest absolute Gasteiger partial charge is 0.311 e. The lowest BCUT2D eigenvalue weighted by Crippen LogP contribution is -1.97. The van der Waals surface area contributed by atoms with Crippen molar-refractivity contribution in [1.82, 2.24) is 0 Å². The number of phenols is 1. The molecule has 0 amide bonds. The van der Waals surface area contributed by atoms with Gasteiger partial charge in [0.25, 0.3) is 0 Å². The van der Waals surface area contributed by atoms with Gasteiger partial charge >= 0.3 is 5.69 Å². The molecule has 5 nitrogen and oxygen atoms in total. The predicted molar refractivity (Wildman–Crippen MR) is 91.0 cm³/mol. The second-order valence-corrected chi connectivity index (χ2v) is 5.23. The Morgan fingerprint density at radius 3 is 2.42 bits per heavy atom. The van der Waals surface area contributed by atoms with Crippen LogP contribution in [-0.2, 0) is 6.61 Å². The quantitative estimate of drug-likeness (QED) is 0.553. The topological polar surface area (TPSA) is 72.6 Å². The summed E-state index contributed by atoms with van der Waals surface area (Å²) in [5, 5.41) is 20.6. The third kappa shape index (κ3) is 3.35. The van der Waals surface area contributed by atoms with E-state index in [9.17, 15) is 15.2 Å². The van der Waals surface area contributed by atoms with E-state index in [1.54, 1.807) is 6.07 Å². The van der Waals surface area contributed by atoms with E-state index in [2.05, 4.69) is 0 Å². The third-order valence-electron chi connectivity index (χ3n) is 3.61. The van der Waals surface area contributed by atoms with Crippen molar-refractivity contribution in [2.24, 2.45) is 0 Å². The second kappa shape index (κ2) is 6.83. The first-order valence-corrected chi connectivity index (χ1v) is 7.38. The van der Waals surface area contributed by atoms with E-state index in [4.69, 9.17) is 4.74 Å². The van der Waals surface area contributed by atoms with Gasteiger partial charge in [-0.05, 0) is 23.3 Å². The molecule has 3 aromatic carbocycles. The van der Waals surface area contributed by atoms with Crippen LogP contribution >= 0.6 is 0 Å². The molecule has 5 heteroatoms. The summed E-state index contributed by atoms with van der Waals surface area (Å²) in [4.78, 5) is 10.4. The third-order valence-corrected chi connectivity index (χ3v) is 3.61. The van der Waals surface area contributed by atoms with Gasteiger partial charge in [0.15, 0.2) is 5.75 Å². The number of nitro groups is 1. The van der Waals surface area contributed by atoms with Crippen LogP contribution in [0.15, 0.2) is 72.8 Å². The van der Waals surface area contributed by atoms with Gasteiger partial charge in [-0.25, -0.2) is 0 Å². The molecule has 0 saturated heterocycles. The standard InChI is InChI=1S/C19H15NO4/c21-18-11-10-15(12-17(18)20(22)23)16-8-4-5-9-19(16)24-13-14-6-2-1-3-7-14/h1-12,21H,13H2. The number of benzene rings is 3. The van der Waals surface area contributed by atoms with E-state index in [1.165, 1.54) is 12.1 Å². The lowest BCUT2D eigenvalue weighted by atomic mass is 10.0. The fraction of sp³-hybridized carbons (Fsp3) is 0.0526. The van der Waals surface area contributed by atoms with Gasteiger partial charge in [0.1, 0.15) is 12.4 Å². The Morgan fingerprint density at radius 1 is 0.958 bits per heavy atom. The van der Waals surface area contributed by atoms with Gasteiger partial charge in [-0.2, -0.15) is 0 Å². The van der Waals surface area contributed by atoms with Crippen molar-refractivity contribution in [1.29, 1.82) is 0 Å².